The molecule has 0 radical (unpaired) electrons. The zero-order chi connectivity index (χ0) is 49.1. The minimum Gasteiger partial charge on any atom is -0.483 e. The van der Waals surface area contributed by atoms with Crippen molar-refractivity contribution in [1.82, 2.24) is 29.5 Å². The molecule has 10 nitrogen and oxygen atoms in total. The van der Waals surface area contributed by atoms with E-state index in [-0.39, 0.29) is 24.3 Å². The van der Waals surface area contributed by atoms with Crippen LogP contribution in [0.25, 0.3) is 72.5 Å². The van der Waals surface area contributed by atoms with E-state index in [2.05, 4.69) is 230 Å². The van der Waals surface area contributed by atoms with Crippen molar-refractivity contribution in [3.63, 3.8) is 0 Å². The highest BCUT2D eigenvalue weighted by Crippen LogP contribution is 2.60. The summed E-state index contributed by atoms with van der Waals surface area (Å²) in [4.78, 5) is 28.9. The molecule has 0 N–H and O–H groups in total. The average molecular weight is 967 g/mol. The van der Waals surface area contributed by atoms with Crippen molar-refractivity contribution in [1.29, 1.82) is 0 Å². The van der Waals surface area contributed by atoms with Gasteiger partial charge in [-0.3, -0.25) is 9.47 Å². The molecule has 0 aliphatic carbocycles. The molecule has 10 heteroatoms. The van der Waals surface area contributed by atoms with Crippen LogP contribution >= 0.6 is 0 Å². The molecule has 4 atom stereocenters. The summed E-state index contributed by atoms with van der Waals surface area (Å²) in [6, 6.07) is 77.1. The zero-order valence-corrected chi connectivity index (χ0v) is 40.1. The minimum absolute atomic E-state index is 0.0310. The third-order valence-electron chi connectivity index (χ3n) is 15.5. The molecular weight excluding hydrogens is 925 g/mol. The van der Waals surface area contributed by atoms with Gasteiger partial charge in [0.2, 0.25) is 11.9 Å². The van der Waals surface area contributed by atoms with Gasteiger partial charge >= 0.3 is 0 Å². The van der Waals surface area contributed by atoms with E-state index in [1.54, 1.807) is 12.7 Å². The van der Waals surface area contributed by atoms with Gasteiger partial charge in [0.1, 0.15) is 36.2 Å². The first-order chi connectivity index (χ1) is 37.2. The number of para-hydroxylation sites is 3. The van der Waals surface area contributed by atoms with Gasteiger partial charge in [-0.25, -0.2) is 24.9 Å². The highest BCUT2D eigenvalue weighted by atomic mass is 16.5. The lowest BCUT2D eigenvalue weighted by molar-refractivity contribution is 0.223. The fraction of sp³-hybridized carbons (Fsp3) is 0.0615. The van der Waals surface area contributed by atoms with Gasteiger partial charge in [0.05, 0.1) is 28.1 Å². The molecule has 9 aromatic carbocycles. The number of anilines is 4. The number of fused-ring (bicyclic) bond motifs is 13. The SMILES string of the molecule is c1ccc(-c2cc(-c3ccccc3)nc(N3c4ccc(-c5ccc6c(c5)c5cc(-c7ccc8c(c7)C7Oc9ccccc9C7N8c7ccccc7)ccc5n6-c5ncncn5)cc4C4Oc5ccccc5C43)n2)cc1. The summed E-state index contributed by atoms with van der Waals surface area (Å²) < 4.78 is 15.9. The Morgan fingerprint density at radius 3 is 1.36 bits per heavy atom. The minimum atomic E-state index is -0.287. The molecule has 16 rings (SSSR count). The maximum Gasteiger partial charge on any atom is 0.237 e. The number of nitrogens with zero attached hydrogens (tertiary/aromatic N) is 8. The molecule has 354 valence electrons. The standard InChI is InChI=1S/C65H42N8O2/c1-4-14-39(15-5-1)52-36-53(40-16-6-2-7-17-40)70-65(69-52)73-57-31-27-44(35-51(57)63-61(73)47-21-11-13-23-59(47)75-63)42-25-29-55-49(33-42)48-32-41(24-28-54(48)72(55)64-67-37-66-38-68-64)43-26-30-56-50(34-43)62-60(46-20-10-12-22-58(46)74-62)71(56)45-18-8-3-9-19-45/h1-38,60-63H. The molecule has 75 heavy (non-hydrogen) atoms. The maximum absolute atomic E-state index is 6.93. The van der Waals surface area contributed by atoms with Crippen LogP contribution in [0.3, 0.4) is 0 Å². The van der Waals surface area contributed by atoms with Crippen LogP contribution in [0.4, 0.5) is 23.0 Å². The van der Waals surface area contributed by atoms with Crippen LogP contribution in [0, 0.1) is 0 Å². The Balaban J connectivity index is 0.830. The lowest BCUT2D eigenvalue weighted by Gasteiger charge is -2.26. The normalized spacial score (nSPS) is 17.5. The quantitative estimate of drug-likeness (QED) is 0.155. The summed E-state index contributed by atoms with van der Waals surface area (Å²) in [6.45, 7) is 0. The van der Waals surface area contributed by atoms with Crippen LogP contribution in [0.1, 0.15) is 46.5 Å². The summed E-state index contributed by atoms with van der Waals surface area (Å²) in [5.41, 5.74) is 18.0. The predicted molar refractivity (Wildman–Crippen MR) is 294 cm³/mol. The van der Waals surface area contributed by atoms with Crippen molar-refractivity contribution in [3.8, 4) is 62.2 Å². The monoisotopic (exact) mass is 966 g/mol. The molecule has 0 amide bonds. The third-order valence-corrected chi connectivity index (χ3v) is 15.5. The van der Waals surface area contributed by atoms with E-state index in [4.69, 9.17) is 19.4 Å². The molecule has 0 bridgehead atoms. The van der Waals surface area contributed by atoms with Crippen LogP contribution in [0.5, 0.6) is 11.5 Å². The van der Waals surface area contributed by atoms with E-state index in [0.717, 1.165) is 106 Å². The smallest absolute Gasteiger partial charge is 0.237 e. The van der Waals surface area contributed by atoms with E-state index in [1.807, 2.05) is 18.2 Å². The van der Waals surface area contributed by atoms with Crippen LogP contribution < -0.4 is 19.3 Å². The van der Waals surface area contributed by atoms with Crippen LogP contribution in [0.2, 0.25) is 0 Å². The third kappa shape index (κ3) is 6.42. The van der Waals surface area contributed by atoms with Gasteiger partial charge in [-0.05, 0) is 101 Å². The van der Waals surface area contributed by atoms with Gasteiger partial charge in [0, 0.05) is 55.5 Å². The second kappa shape index (κ2) is 16.3. The molecule has 0 saturated heterocycles. The van der Waals surface area contributed by atoms with Crippen molar-refractivity contribution in [2.45, 2.75) is 24.3 Å². The van der Waals surface area contributed by atoms with Gasteiger partial charge in [-0.1, -0.05) is 140 Å². The zero-order valence-electron chi connectivity index (χ0n) is 40.1. The fourth-order valence-corrected chi connectivity index (χ4v) is 12.2. The first-order valence-corrected chi connectivity index (χ1v) is 25.3. The van der Waals surface area contributed by atoms with E-state index in [1.165, 1.54) is 11.1 Å². The lowest BCUT2D eigenvalue weighted by Crippen LogP contribution is -2.22. The topological polar surface area (TPSA) is 94.3 Å². The second-order valence-electron chi connectivity index (χ2n) is 19.6. The summed E-state index contributed by atoms with van der Waals surface area (Å²) in [7, 11) is 0. The number of hydrogen-bond acceptors (Lipinski definition) is 9. The Labute approximate surface area is 431 Å². The lowest BCUT2D eigenvalue weighted by atomic mass is 9.96. The molecule has 0 fully saturated rings. The Hall–Kier alpha value is -9.93. The van der Waals surface area contributed by atoms with E-state index >= 15 is 0 Å². The predicted octanol–water partition coefficient (Wildman–Crippen LogP) is 15.1. The van der Waals surface area contributed by atoms with Crippen LogP contribution in [0.15, 0.2) is 231 Å². The first kappa shape index (κ1) is 41.7. The van der Waals surface area contributed by atoms with Gasteiger partial charge < -0.3 is 14.4 Å². The van der Waals surface area contributed by atoms with Gasteiger partial charge in [0.15, 0.2) is 12.2 Å². The van der Waals surface area contributed by atoms with Gasteiger partial charge in [-0.2, -0.15) is 0 Å². The fourth-order valence-electron chi connectivity index (χ4n) is 12.2. The molecule has 0 spiro atoms. The number of benzene rings is 9. The Morgan fingerprint density at radius 2 is 0.813 bits per heavy atom. The molecule has 4 aliphatic rings. The number of aromatic nitrogens is 6. The molecule has 4 unspecified atom stereocenters. The summed E-state index contributed by atoms with van der Waals surface area (Å²) >= 11 is 0. The maximum atomic E-state index is 6.93. The molecule has 3 aromatic heterocycles. The number of hydrogen-bond donors (Lipinski definition) is 0. The van der Waals surface area contributed by atoms with Crippen LogP contribution in [-0.4, -0.2) is 29.5 Å². The van der Waals surface area contributed by atoms with E-state index < -0.39 is 0 Å². The summed E-state index contributed by atoms with van der Waals surface area (Å²) in [6.07, 6.45) is 2.67. The Morgan fingerprint density at radius 1 is 0.360 bits per heavy atom. The van der Waals surface area contributed by atoms with Crippen molar-refractivity contribution < 1.29 is 9.47 Å². The largest absolute Gasteiger partial charge is 0.483 e. The summed E-state index contributed by atoms with van der Waals surface area (Å²) in [5.74, 6) is 2.99. The van der Waals surface area contributed by atoms with Gasteiger partial charge in [0.25, 0.3) is 0 Å². The van der Waals surface area contributed by atoms with Crippen molar-refractivity contribution in [2.75, 3.05) is 9.80 Å². The van der Waals surface area contributed by atoms with Gasteiger partial charge in [-0.15, -0.1) is 0 Å². The average Bonchev–Trinajstić information content (AvgIpc) is 4.29. The molecule has 7 heterocycles. The number of rotatable bonds is 7. The van der Waals surface area contributed by atoms with Crippen molar-refractivity contribution in [2.24, 2.45) is 0 Å². The summed E-state index contributed by atoms with van der Waals surface area (Å²) in [5, 5.41) is 2.17. The Kier molecular flexibility index (Phi) is 9.05. The number of ether oxygens (including phenoxy) is 2. The van der Waals surface area contributed by atoms with Crippen LogP contribution in [-0.2, 0) is 0 Å². The van der Waals surface area contributed by atoms with Crippen molar-refractivity contribution in [3.05, 3.63) is 253 Å². The van der Waals surface area contributed by atoms with E-state index in [9.17, 15) is 0 Å². The Bertz CT molecular complexity index is 4190. The molecule has 12 aromatic rings. The van der Waals surface area contributed by atoms with Crippen molar-refractivity contribution >= 4 is 44.8 Å². The second-order valence-corrected chi connectivity index (χ2v) is 19.6. The van der Waals surface area contributed by atoms with E-state index in [0.29, 0.717) is 11.9 Å². The highest BCUT2D eigenvalue weighted by Gasteiger charge is 2.49. The first-order valence-electron chi connectivity index (χ1n) is 25.3. The molecular formula is C65H42N8O2. The molecule has 4 aliphatic heterocycles. The highest BCUT2D eigenvalue weighted by molar-refractivity contribution is 6.11. The molecule has 0 saturated carbocycles.